The summed E-state index contributed by atoms with van der Waals surface area (Å²) >= 11 is 0. The van der Waals surface area contributed by atoms with Crippen LogP contribution in [-0.2, 0) is 10.0 Å². The summed E-state index contributed by atoms with van der Waals surface area (Å²) in [6.45, 7) is 6.66. The second-order valence-electron chi connectivity index (χ2n) is 6.09. The number of hydrogen-bond donors (Lipinski definition) is 2. The van der Waals surface area contributed by atoms with Crippen LogP contribution in [0.5, 0.6) is 0 Å². The zero-order chi connectivity index (χ0) is 14.4. The fraction of sp³-hybridized carbons (Fsp3) is 1.00. The lowest BCUT2D eigenvalue weighted by Gasteiger charge is -2.33. The first-order chi connectivity index (χ1) is 9.62. The largest absolute Gasteiger partial charge is 0.317 e. The van der Waals surface area contributed by atoms with Gasteiger partial charge in [-0.15, -0.1) is 0 Å². The molecule has 5 nitrogen and oxygen atoms in total. The SMILES string of the molecule is CCCS(=O)(=O)N1CCC(NCC2CCNCC2)CC1. The lowest BCUT2D eigenvalue weighted by molar-refractivity contribution is 0.268. The summed E-state index contributed by atoms with van der Waals surface area (Å²) in [5.41, 5.74) is 0. The second kappa shape index (κ2) is 7.73. The quantitative estimate of drug-likeness (QED) is 0.761. The predicted molar refractivity (Wildman–Crippen MR) is 82.3 cm³/mol. The Labute approximate surface area is 123 Å². The highest BCUT2D eigenvalue weighted by molar-refractivity contribution is 7.89. The van der Waals surface area contributed by atoms with E-state index in [0.717, 1.165) is 38.4 Å². The van der Waals surface area contributed by atoms with Crippen LogP contribution in [0.3, 0.4) is 0 Å². The summed E-state index contributed by atoms with van der Waals surface area (Å²) in [4.78, 5) is 0. The third-order valence-corrected chi connectivity index (χ3v) is 6.54. The molecule has 0 amide bonds. The minimum Gasteiger partial charge on any atom is -0.317 e. The zero-order valence-corrected chi connectivity index (χ0v) is 13.4. The highest BCUT2D eigenvalue weighted by Crippen LogP contribution is 2.16. The Bertz CT molecular complexity index is 372. The molecule has 0 aromatic heterocycles. The first-order valence-corrected chi connectivity index (χ1v) is 9.64. The van der Waals surface area contributed by atoms with Crippen LogP contribution in [0.15, 0.2) is 0 Å². The van der Waals surface area contributed by atoms with E-state index >= 15 is 0 Å². The number of piperidine rings is 2. The maximum atomic E-state index is 12.0. The topological polar surface area (TPSA) is 61.4 Å². The van der Waals surface area contributed by atoms with Crippen LogP contribution >= 0.6 is 0 Å². The van der Waals surface area contributed by atoms with Gasteiger partial charge >= 0.3 is 0 Å². The van der Waals surface area contributed by atoms with Gasteiger partial charge in [-0.25, -0.2) is 12.7 Å². The monoisotopic (exact) mass is 303 g/mol. The minimum atomic E-state index is -2.99. The average molecular weight is 303 g/mol. The summed E-state index contributed by atoms with van der Waals surface area (Å²) in [6.07, 6.45) is 5.13. The van der Waals surface area contributed by atoms with Gasteiger partial charge in [-0.05, 0) is 57.7 Å². The molecule has 2 aliphatic heterocycles. The maximum absolute atomic E-state index is 12.0. The van der Waals surface area contributed by atoms with Crippen LogP contribution < -0.4 is 10.6 Å². The van der Waals surface area contributed by atoms with Crippen LogP contribution in [0.4, 0.5) is 0 Å². The second-order valence-corrected chi connectivity index (χ2v) is 8.18. The molecule has 118 valence electrons. The average Bonchev–Trinajstić information content (AvgIpc) is 2.47. The van der Waals surface area contributed by atoms with E-state index in [9.17, 15) is 8.42 Å². The molecule has 0 spiro atoms. The Kier molecular flexibility index (Phi) is 6.26. The molecule has 2 saturated heterocycles. The molecule has 2 rings (SSSR count). The molecule has 0 unspecified atom stereocenters. The van der Waals surface area contributed by atoms with E-state index in [4.69, 9.17) is 0 Å². The molecule has 0 aliphatic carbocycles. The molecule has 2 fully saturated rings. The van der Waals surface area contributed by atoms with Gasteiger partial charge in [0, 0.05) is 19.1 Å². The highest BCUT2D eigenvalue weighted by atomic mass is 32.2. The summed E-state index contributed by atoms with van der Waals surface area (Å²) < 4.78 is 25.7. The molecular weight excluding hydrogens is 274 g/mol. The van der Waals surface area contributed by atoms with Crippen LogP contribution in [0.1, 0.15) is 39.0 Å². The molecule has 6 heteroatoms. The number of hydrogen-bond acceptors (Lipinski definition) is 4. The molecule has 2 N–H and O–H groups in total. The van der Waals surface area contributed by atoms with Crippen LogP contribution in [0.2, 0.25) is 0 Å². The van der Waals surface area contributed by atoms with Gasteiger partial charge < -0.3 is 10.6 Å². The first kappa shape index (κ1) is 16.2. The third-order valence-electron chi connectivity index (χ3n) is 4.46. The standard InChI is InChI=1S/C14H29N3O2S/c1-2-11-20(18,19)17-9-5-14(6-10-17)16-12-13-3-7-15-8-4-13/h13-16H,2-12H2,1H3. The van der Waals surface area contributed by atoms with Gasteiger partial charge in [0.25, 0.3) is 0 Å². The Morgan fingerprint density at radius 2 is 1.80 bits per heavy atom. The fourth-order valence-electron chi connectivity index (χ4n) is 3.14. The van der Waals surface area contributed by atoms with E-state index in [0.29, 0.717) is 31.3 Å². The normalized spacial score (nSPS) is 24.1. The van der Waals surface area contributed by atoms with Gasteiger partial charge in [-0.2, -0.15) is 0 Å². The Balaban J connectivity index is 1.68. The summed E-state index contributed by atoms with van der Waals surface area (Å²) in [6, 6.07) is 0.498. The lowest BCUT2D eigenvalue weighted by atomic mass is 9.97. The van der Waals surface area contributed by atoms with E-state index in [1.807, 2.05) is 6.92 Å². The van der Waals surface area contributed by atoms with Gasteiger partial charge in [-0.3, -0.25) is 0 Å². The lowest BCUT2D eigenvalue weighted by Crippen LogP contribution is -2.47. The van der Waals surface area contributed by atoms with E-state index < -0.39 is 10.0 Å². The summed E-state index contributed by atoms with van der Waals surface area (Å²) in [5, 5.41) is 7.03. The predicted octanol–water partition coefficient (Wildman–Crippen LogP) is 0.780. The van der Waals surface area contributed by atoms with Gasteiger partial charge in [0.15, 0.2) is 0 Å². The molecule has 0 bridgehead atoms. The molecule has 0 aromatic carbocycles. The van der Waals surface area contributed by atoms with Crippen molar-refractivity contribution >= 4 is 10.0 Å². The highest BCUT2D eigenvalue weighted by Gasteiger charge is 2.27. The number of sulfonamides is 1. The molecule has 2 heterocycles. The van der Waals surface area contributed by atoms with Crippen molar-refractivity contribution in [3.05, 3.63) is 0 Å². The molecule has 0 atom stereocenters. The van der Waals surface area contributed by atoms with Crippen LogP contribution in [-0.4, -0.2) is 57.2 Å². The van der Waals surface area contributed by atoms with Crippen molar-refractivity contribution in [1.82, 2.24) is 14.9 Å². The Morgan fingerprint density at radius 3 is 2.40 bits per heavy atom. The van der Waals surface area contributed by atoms with Crippen molar-refractivity contribution in [3.63, 3.8) is 0 Å². The van der Waals surface area contributed by atoms with Gasteiger partial charge in [0.2, 0.25) is 10.0 Å². The van der Waals surface area contributed by atoms with Crippen molar-refractivity contribution in [2.75, 3.05) is 38.5 Å². The van der Waals surface area contributed by atoms with E-state index in [2.05, 4.69) is 10.6 Å². The van der Waals surface area contributed by atoms with Gasteiger partial charge in [0.05, 0.1) is 5.75 Å². The first-order valence-electron chi connectivity index (χ1n) is 8.03. The van der Waals surface area contributed by atoms with E-state index in [1.54, 1.807) is 4.31 Å². The number of nitrogens with one attached hydrogen (secondary N) is 2. The van der Waals surface area contributed by atoms with Crippen LogP contribution in [0, 0.1) is 5.92 Å². The van der Waals surface area contributed by atoms with Crippen molar-refractivity contribution in [2.24, 2.45) is 5.92 Å². The summed E-state index contributed by atoms with van der Waals surface area (Å²) in [7, 11) is -2.99. The third kappa shape index (κ3) is 4.69. The van der Waals surface area contributed by atoms with Gasteiger partial charge in [-0.1, -0.05) is 6.92 Å². The van der Waals surface area contributed by atoms with Crippen molar-refractivity contribution in [3.8, 4) is 0 Å². The maximum Gasteiger partial charge on any atom is 0.214 e. The Morgan fingerprint density at radius 1 is 1.15 bits per heavy atom. The number of rotatable bonds is 6. The fourth-order valence-corrected chi connectivity index (χ4v) is 4.69. The molecule has 20 heavy (non-hydrogen) atoms. The van der Waals surface area contributed by atoms with Gasteiger partial charge in [0.1, 0.15) is 0 Å². The van der Waals surface area contributed by atoms with E-state index in [1.165, 1.54) is 12.8 Å². The zero-order valence-electron chi connectivity index (χ0n) is 12.6. The summed E-state index contributed by atoms with van der Waals surface area (Å²) in [5.74, 6) is 1.08. The van der Waals surface area contributed by atoms with Crippen LogP contribution in [0.25, 0.3) is 0 Å². The molecule has 0 saturated carbocycles. The number of nitrogens with zero attached hydrogens (tertiary/aromatic N) is 1. The molecule has 0 radical (unpaired) electrons. The molecular formula is C14H29N3O2S. The van der Waals surface area contributed by atoms with E-state index in [-0.39, 0.29) is 0 Å². The molecule has 2 aliphatic rings. The van der Waals surface area contributed by atoms with Crippen molar-refractivity contribution < 1.29 is 8.42 Å². The van der Waals surface area contributed by atoms with Crippen molar-refractivity contribution in [2.45, 2.75) is 45.1 Å². The minimum absolute atomic E-state index is 0.292. The smallest absolute Gasteiger partial charge is 0.214 e. The van der Waals surface area contributed by atoms with Crippen molar-refractivity contribution in [1.29, 1.82) is 0 Å². The Hall–Kier alpha value is -0.170. The molecule has 0 aromatic rings.